The molecule has 132 valence electrons. The van der Waals surface area contributed by atoms with E-state index >= 15 is 0 Å². The average molecular weight is 468 g/mol. The van der Waals surface area contributed by atoms with E-state index in [0.717, 1.165) is 35.1 Å². The maximum absolute atomic E-state index is 12.4. The number of hydrogen-bond donors (Lipinski definition) is 0. The van der Waals surface area contributed by atoms with Crippen molar-refractivity contribution in [2.24, 2.45) is 0 Å². The Morgan fingerprint density at radius 3 is 2.52 bits per heavy atom. The molecule has 1 heterocycles. The Labute approximate surface area is 165 Å². The lowest BCUT2D eigenvalue weighted by Gasteiger charge is -2.36. The fourth-order valence-electron chi connectivity index (χ4n) is 2.86. The van der Waals surface area contributed by atoms with E-state index in [9.17, 15) is 4.79 Å². The minimum Gasteiger partial charge on any atom is -0.483 e. The van der Waals surface area contributed by atoms with Crippen molar-refractivity contribution in [2.45, 2.75) is 6.92 Å². The first-order valence-corrected chi connectivity index (χ1v) is 9.79. The second-order valence-corrected chi connectivity index (χ2v) is 7.84. The highest BCUT2D eigenvalue weighted by molar-refractivity contribution is 9.11. The molecule has 0 radical (unpaired) electrons. The lowest BCUT2D eigenvalue weighted by Crippen LogP contribution is -2.50. The van der Waals surface area contributed by atoms with Gasteiger partial charge < -0.3 is 14.5 Å². The molecule has 6 heteroatoms. The van der Waals surface area contributed by atoms with Crippen molar-refractivity contribution in [1.82, 2.24) is 4.90 Å². The molecule has 0 aromatic heterocycles. The number of carbonyl (C=O) groups is 1. The molecule has 0 unspecified atom stereocenters. The van der Waals surface area contributed by atoms with Crippen LogP contribution >= 0.6 is 31.9 Å². The summed E-state index contributed by atoms with van der Waals surface area (Å²) in [5.74, 6) is 0.702. The van der Waals surface area contributed by atoms with Crippen LogP contribution < -0.4 is 9.64 Å². The molecule has 2 aromatic carbocycles. The number of hydrogen-bond acceptors (Lipinski definition) is 3. The number of benzene rings is 2. The summed E-state index contributed by atoms with van der Waals surface area (Å²) in [6.07, 6.45) is 0. The minimum atomic E-state index is 0.0266. The summed E-state index contributed by atoms with van der Waals surface area (Å²) in [4.78, 5) is 16.6. The van der Waals surface area contributed by atoms with E-state index in [1.807, 2.05) is 23.1 Å². The van der Waals surface area contributed by atoms with E-state index in [1.165, 1.54) is 11.3 Å². The zero-order valence-corrected chi connectivity index (χ0v) is 17.2. The van der Waals surface area contributed by atoms with Gasteiger partial charge in [0.25, 0.3) is 5.91 Å². The van der Waals surface area contributed by atoms with Gasteiger partial charge in [-0.25, -0.2) is 0 Å². The second kappa shape index (κ2) is 8.23. The van der Waals surface area contributed by atoms with Gasteiger partial charge in [-0.15, -0.1) is 0 Å². The predicted octanol–water partition coefficient (Wildman–Crippen LogP) is 4.25. The maximum Gasteiger partial charge on any atom is 0.260 e. The minimum absolute atomic E-state index is 0.0266. The summed E-state index contributed by atoms with van der Waals surface area (Å²) in [6, 6.07) is 14.1. The molecule has 1 amide bonds. The Balaban J connectivity index is 1.51. The molecule has 1 fully saturated rings. The quantitative estimate of drug-likeness (QED) is 0.673. The summed E-state index contributed by atoms with van der Waals surface area (Å²) in [7, 11) is 0. The predicted molar refractivity (Wildman–Crippen MR) is 107 cm³/mol. The van der Waals surface area contributed by atoms with E-state index in [-0.39, 0.29) is 12.5 Å². The number of aryl methyl sites for hydroxylation is 1. The standard InChI is InChI=1S/C19H20Br2N2O2/c1-14-3-2-4-16(11-14)22-7-9-23(10-8-22)19(24)13-25-18-6-5-15(20)12-17(18)21/h2-6,11-12H,7-10,13H2,1H3. The fraction of sp³-hybridized carbons (Fsp3) is 0.316. The van der Waals surface area contributed by atoms with Gasteiger partial charge in [-0.3, -0.25) is 4.79 Å². The maximum atomic E-state index is 12.4. The molecule has 0 atom stereocenters. The first kappa shape index (κ1) is 18.3. The summed E-state index contributed by atoms with van der Waals surface area (Å²) in [6.45, 7) is 5.29. The summed E-state index contributed by atoms with van der Waals surface area (Å²) < 4.78 is 7.46. The Morgan fingerprint density at radius 1 is 1.08 bits per heavy atom. The van der Waals surface area contributed by atoms with Gasteiger partial charge in [-0.2, -0.15) is 0 Å². The number of rotatable bonds is 4. The molecule has 0 aliphatic carbocycles. The smallest absolute Gasteiger partial charge is 0.260 e. The number of nitrogens with zero attached hydrogens (tertiary/aromatic N) is 2. The van der Waals surface area contributed by atoms with Crippen LogP contribution in [0, 0.1) is 6.92 Å². The van der Waals surface area contributed by atoms with Crippen LogP contribution in [-0.2, 0) is 4.79 Å². The van der Waals surface area contributed by atoms with Crippen LogP contribution in [0.3, 0.4) is 0 Å². The molecule has 1 aliphatic rings. The van der Waals surface area contributed by atoms with Gasteiger partial charge >= 0.3 is 0 Å². The van der Waals surface area contributed by atoms with Gasteiger partial charge in [0.1, 0.15) is 5.75 Å². The van der Waals surface area contributed by atoms with Gasteiger partial charge in [-0.1, -0.05) is 28.1 Å². The number of anilines is 1. The Hall–Kier alpha value is -1.53. The average Bonchev–Trinajstić information content (AvgIpc) is 2.61. The van der Waals surface area contributed by atoms with Crippen LogP contribution in [0.15, 0.2) is 51.4 Å². The summed E-state index contributed by atoms with van der Waals surface area (Å²) in [5.41, 5.74) is 2.48. The van der Waals surface area contributed by atoms with Crippen LogP contribution in [0.4, 0.5) is 5.69 Å². The molecule has 0 N–H and O–H groups in total. The molecule has 4 nitrogen and oxygen atoms in total. The number of carbonyl (C=O) groups excluding carboxylic acids is 1. The van der Waals surface area contributed by atoms with Gasteiger partial charge in [0.15, 0.2) is 6.61 Å². The van der Waals surface area contributed by atoms with Crippen molar-refractivity contribution >= 4 is 43.5 Å². The third-order valence-corrected chi connectivity index (χ3v) is 5.36. The van der Waals surface area contributed by atoms with Crippen molar-refractivity contribution in [1.29, 1.82) is 0 Å². The molecule has 0 saturated carbocycles. The van der Waals surface area contributed by atoms with Crippen LogP contribution in [-0.4, -0.2) is 43.6 Å². The van der Waals surface area contributed by atoms with E-state index in [0.29, 0.717) is 5.75 Å². The largest absolute Gasteiger partial charge is 0.483 e. The molecule has 1 aliphatic heterocycles. The Kier molecular flexibility index (Phi) is 6.02. The SMILES string of the molecule is Cc1cccc(N2CCN(C(=O)COc3ccc(Br)cc3Br)CC2)c1. The van der Waals surface area contributed by atoms with Crippen LogP contribution in [0.25, 0.3) is 0 Å². The van der Waals surface area contributed by atoms with Gasteiger partial charge in [-0.05, 0) is 58.7 Å². The van der Waals surface area contributed by atoms with Crippen molar-refractivity contribution in [2.75, 3.05) is 37.7 Å². The normalized spacial score (nSPS) is 14.5. The third-order valence-electron chi connectivity index (χ3n) is 4.24. The number of amides is 1. The van der Waals surface area contributed by atoms with Crippen LogP contribution in [0.5, 0.6) is 5.75 Å². The zero-order valence-electron chi connectivity index (χ0n) is 14.0. The molecular weight excluding hydrogens is 448 g/mol. The fourth-order valence-corrected chi connectivity index (χ4v) is 4.02. The van der Waals surface area contributed by atoms with E-state index < -0.39 is 0 Å². The van der Waals surface area contributed by atoms with Gasteiger partial charge in [0.05, 0.1) is 4.47 Å². The Morgan fingerprint density at radius 2 is 1.84 bits per heavy atom. The lowest BCUT2D eigenvalue weighted by atomic mass is 10.2. The van der Waals surface area contributed by atoms with Crippen molar-refractivity contribution in [3.63, 3.8) is 0 Å². The second-order valence-electron chi connectivity index (χ2n) is 6.07. The Bertz CT molecular complexity index is 759. The first-order valence-electron chi connectivity index (χ1n) is 8.20. The third kappa shape index (κ3) is 4.76. The highest BCUT2D eigenvalue weighted by atomic mass is 79.9. The first-order chi connectivity index (χ1) is 12.0. The van der Waals surface area contributed by atoms with Crippen molar-refractivity contribution < 1.29 is 9.53 Å². The number of piperazine rings is 1. The van der Waals surface area contributed by atoms with E-state index in [2.05, 4.69) is 67.9 Å². The highest BCUT2D eigenvalue weighted by Gasteiger charge is 2.21. The lowest BCUT2D eigenvalue weighted by molar-refractivity contribution is -0.133. The van der Waals surface area contributed by atoms with Crippen LogP contribution in [0.1, 0.15) is 5.56 Å². The summed E-state index contributed by atoms with van der Waals surface area (Å²) >= 11 is 6.85. The van der Waals surface area contributed by atoms with Gasteiger partial charge in [0.2, 0.25) is 0 Å². The molecule has 1 saturated heterocycles. The molecular formula is C19H20Br2N2O2. The monoisotopic (exact) mass is 466 g/mol. The molecule has 2 aromatic rings. The van der Waals surface area contributed by atoms with E-state index in [1.54, 1.807) is 0 Å². The molecule has 0 spiro atoms. The van der Waals surface area contributed by atoms with Crippen LogP contribution in [0.2, 0.25) is 0 Å². The summed E-state index contributed by atoms with van der Waals surface area (Å²) in [5, 5.41) is 0. The number of ether oxygens (including phenoxy) is 1. The molecule has 0 bridgehead atoms. The highest BCUT2D eigenvalue weighted by Crippen LogP contribution is 2.28. The van der Waals surface area contributed by atoms with Gasteiger partial charge in [0, 0.05) is 36.3 Å². The van der Waals surface area contributed by atoms with Crippen molar-refractivity contribution in [3.05, 3.63) is 57.0 Å². The van der Waals surface area contributed by atoms with E-state index in [4.69, 9.17) is 4.74 Å². The molecule has 25 heavy (non-hydrogen) atoms. The topological polar surface area (TPSA) is 32.8 Å². The molecule has 3 rings (SSSR count). The number of halogens is 2. The van der Waals surface area contributed by atoms with Crippen molar-refractivity contribution in [3.8, 4) is 5.75 Å². The zero-order chi connectivity index (χ0) is 17.8.